The summed E-state index contributed by atoms with van der Waals surface area (Å²) in [5, 5.41) is 9.28. The average Bonchev–Trinajstić information content (AvgIpc) is 2.97. The van der Waals surface area contributed by atoms with Gasteiger partial charge in [0.2, 0.25) is 0 Å². The van der Waals surface area contributed by atoms with Gasteiger partial charge in [-0.1, -0.05) is 0 Å². The summed E-state index contributed by atoms with van der Waals surface area (Å²) < 4.78 is 1.19. The second-order valence-electron chi connectivity index (χ2n) is 7.96. The predicted octanol–water partition coefficient (Wildman–Crippen LogP) is 1.81. The minimum absolute atomic E-state index is 0.527. The second-order valence-corrected chi connectivity index (χ2v) is 22.3. The molecule has 0 aromatic carbocycles. The molecule has 2 fully saturated rings. The molecule has 1 aromatic heterocycles. The van der Waals surface area contributed by atoms with Gasteiger partial charge >= 0.3 is 154 Å². The number of hydrogen-bond donors (Lipinski definition) is 1. The Morgan fingerprint density at radius 3 is 2.24 bits per heavy atom. The van der Waals surface area contributed by atoms with Crippen molar-refractivity contribution in [1.29, 1.82) is 0 Å². The molecule has 1 N–H and O–H groups in total. The molecule has 0 atom stereocenters. The third-order valence-electron chi connectivity index (χ3n) is 4.98. The van der Waals surface area contributed by atoms with Crippen LogP contribution in [0, 0.1) is 0 Å². The van der Waals surface area contributed by atoms with Crippen LogP contribution in [0.5, 0.6) is 0 Å². The number of rotatable bonds is 3. The molecular formula is C17H29N5O2Sn. The fourth-order valence-electron chi connectivity index (χ4n) is 3.42. The van der Waals surface area contributed by atoms with Gasteiger partial charge in [0, 0.05) is 0 Å². The predicted molar refractivity (Wildman–Crippen MR) is 103 cm³/mol. The third-order valence-corrected chi connectivity index (χ3v) is 10.0. The van der Waals surface area contributed by atoms with Crippen molar-refractivity contribution in [3.63, 3.8) is 0 Å². The summed E-state index contributed by atoms with van der Waals surface area (Å²) >= 11 is -2.32. The van der Waals surface area contributed by atoms with E-state index in [4.69, 9.17) is 9.97 Å². The minimum atomic E-state index is -2.32. The Bertz CT molecular complexity index is 628. The molecule has 1 aromatic rings. The first-order chi connectivity index (χ1) is 11.9. The van der Waals surface area contributed by atoms with E-state index in [1.165, 1.54) is 21.5 Å². The summed E-state index contributed by atoms with van der Waals surface area (Å²) in [6.07, 6.45) is 4.40. The molecule has 0 spiro atoms. The van der Waals surface area contributed by atoms with Crippen LogP contribution in [0.25, 0.3) is 0 Å². The van der Waals surface area contributed by atoms with Gasteiger partial charge in [0.05, 0.1) is 0 Å². The SMILES string of the molecule is [CH3][Sn]([CH3])([CH3])[c]1cnc(N2CCCC2)c(N2CCCN(C(=O)O)CC2)n1. The van der Waals surface area contributed by atoms with Crippen LogP contribution >= 0.6 is 0 Å². The molecule has 3 rings (SSSR count). The van der Waals surface area contributed by atoms with Gasteiger partial charge < -0.3 is 0 Å². The zero-order valence-corrected chi connectivity index (χ0v) is 18.4. The van der Waals surface area contributed by atoms with Crippen LogP contribution in [0.15, 0.2) is 6.20 Å². The molecule has 0 saturated carbocycles. The van der Waals surface area contributed by atoms with Crippen molar-refractivity contribution in [2.24, 2.45) is 0 Å². The molecule has 25 heavy (non-hydrogen) atoms. The zero-order valence-electron chi connectivity index (χ0n) is 15.5. The van der Waals surface area contributed by atoms with Crippen LogP contribution in [-0.4, -0.2) is 83.7 Å². The molecular weight excluding hydrogens is 425 g/mol. The summed E-state index contributed by atoms with van der Waals surface area (Å²) in [5.74, 6) is 1.96. The van der Waals surface area contributed by atoms with E-state index >= 15 is 0 Å². The topological polar surface area (TPSA) is 72.8 Å². The molecule has 138 valence electrons. The normalized spacial score (nSPS) is 19.2. The van der Waals surface area contributed by atoms with Gasteiger partial charge in [-0.05, 0) is 0 Å². The van der Waals surface area contributed by atoms with E-state index in [1.807, 2.05) is 6.20 Å². The fourth-order valence-corrected chi connectivity index (χ4v) is 5.97. The molecule has 0 bridgehead atoms. The number of nitrogens with zero attached hydrogens (tertiary/aromatic N) is 5. The first-order valence-electron chi connectivity index (χ1n) is 9.21. The summed E-state index contributed by atoms with van der Waals surface area (Å²) in [7, 11) is 0. The Kier molecular flexibility index (Phi) is 5.60. The Morgan fingerprint density at radius 1 is 0.960 bits per heavy atom. The zero-order chi connectivity index (χ0) is 18.0. The van der Waals surface area contributed by atoms with Crippen molar-refractivity contribution >= 4 is 39.8 Å². The van der Waals surface area contributed by atoms with Crippen LogP contribution in [0.2, 0.25) is 14.8 Å². The molecule has 8 heteroatoms. The van der Waals surface area contributed by atoms with Crippen molar-refractivity contribution in [2.75, 3.05) is 49.1 Å². The van der Waals surface area contributed by atoms with E-state index in [-0.39, 0.29) is 0 Å². The molecule has 2 aliphatic heterocycles. The van der Waals surface area contributed by atoms with Gasteiger partial charge in [0.15, 0.2) is 0 Å². The summed E-state index contributed by atoms with van der Waals surface area (Å²) in [5.41, 5.74) is 0. The molecule has 0 unspecified atom stereocenters. The van der Waals surface area contributed by atoms with Crippen molar-refractivity contribution in [1.82, 2.24) is 14.9 Å². The van der Waals surface area contributed by atoms with Gasteiger partial charge in [0.1, 0.15) is 0 Å². The number of carbonyl (C=O) groups is 1. The van der Waals surface area contributed by atoms with Crippen molar-refractivity contribution in [2.45, 2.75) is 34.1 Å². The van der Waals surface area contributed by atoms with E-state index < -0.39 is 24.5 Å². The molecule has 7 nitrogen and oxygen atoms in total. The molecule has 0 aliphatic carbocycles. The van der Waals surface area contributed by atoms with Gasteiger partial charge in [-0.2, -0.15) is 0 Å². The molecule has 3 heterocycles. The van der Waals surface area contributed by atoms with Crippen molar-refractivity contribution < 1.29 is 9.90 Å². The summed E-state index contributed by atoms with van der Waals surface area (Å²) in [4.78, 5) is 34.4. The number of amides is 1. The number of carboxylic acid groups (broad SMARTS) is 1. The first-order valence-corrected chi connectivity index (χ1v) is 19.2. The van der Waals surface area contributed by atoms with Crippen molar-refractivity contribution in [3.8, 4) is 0 Å². The Morgan fingerprint density at radius 2 is 1.60 bits per heavy atom. The molecule has 0 radical (unpaired) electrons. The maximum absolute atomic E-state index is 11.3. The average molecular weight is 454 g/mol. The standard InChI is InChI=1S/C14H20N5O2.3CH3.Sn/c20-14(21)19-9-3-8-18(10-11-19)13-12(15-4-5-16-13)17-6-1-2-7-17;;;;/h4H,1-3,6-11H2,(H,20,21);3*1H3;. The Balaban J connectivity index is 1.92. The number of hydrogen-bond acceptors (Lipinski definition) is 5. The van der Waals surface area contributed by atoms with E-state index in [0.29, 0.717) is 19.6 Å². The van der Waals surface area contributed by atoms with Crippen LogP contribution in [-0.2, 0) is 0 Å². The number of aromatic nitrogens is 2. The van der Waals surface area contributed by atoms with E-state index in [2.05, 4.69) is 24.6 Å². The summed E-state index contributed by atoms with van der Waals surface area (Å²) in [6, 6.07) is 0. The van der Waals surface area contributed by atoms with E-state index in [9.17, 15) is 9.90 Å². The third kappa shape index (κ3) is 4.30. The van der Waals surface area contributed by atoms with Crippen LogP contribution in [0.1, 0.15) is 19.3 Å². The quantitative estimate of drug-likeness (QED) is 0.703. The van der Waals surface area contributed by atoms with Crippen LogP contribution < -0.4 is 13.5 Å². The monoisotopic (exact) mass is 455 g/mol. The van der Waals surface area contributed by atoms with Gasteiger partial charge in [-0.15, -0.1) is 0 Å². The number of anilines is 2. The van der Waals surface area contributed by atoms with E-state index in [1.54, 1.807) is 0 Å². The fraction of sp³-hybridized carbons (Fsp3) is 0.706. The first kappa shape index (κ1) is 18.5. The Hall–Kier alpha value is -1.25. The maximum atomic E-state index is 11.3. The van der Waals surface area contributed by atoms with Crippen LogP contribution in [0.4, 0.5) is 16.4 Å². The van der Waals surface area contributed by atoms with Crippen molar-refractivity contribution in [3.05, 3.63) is 6.20 Å². The second kappa shape index (κ2) is 7.55. The molecule has 1 amide bonds. The molecule has 2 saturated heterocycles. The van der Waals surface area contributed by atoms with Gasteiger partial charge in [0.25, 0.3) is 0 Å². The van der Waals surface area contributed by atoms with Gasteiger partial charge in [-0.3, -0.25) is 0 Å². The molecule has 2 aliphatic rings. The van der Waals surface area contributed by atoms with Gasteiger partial charge in [-0.25, -0.2) is 0 Å². The Labute approximate surface area is 153 Å². The van der Waals surface area contributed by atoms with Crippen LogP contribution in [0.3, 0.4) is 0 Å². The summed E-state index contributed by atoms with van der Waals surface area (Å²) in [6.45, 7) is 4.72. The van der Waals surface area contributed by atoms with E-state index in [0.717, 1.165) is 37.7 Å².